The number of carboxylic acids is 1. The fraction of sp³-hybridized carbons (Fsp3) is 0.278. The van der Waals surface area contributed by atoms with Gasteiger partial charge in [0.2, 0.25) is 5.16 Å². The average molecular weight is 513 g/mol. The predicted octanol–water partition coefficient (Wildman–Crippen LogP) is -4.71. The molecule has 0 aliphatic carbocycles. The molecule has 1 unspecified atom stereocenters. The summed E-state index contributed by atoms with van der Waals surface area (Å²) < 4.78 is 1.44. The number of thioether (sulfide) groups is 2. The molecule has 172 valence electrons. The van der Waals surface area contributed by atoms with Gasteiger partial charge in [-0.1, -0.05) is 16.9 Å². The standard InChI is InChI=1S/C18H17N7O6S2.Na/c1-24-18(20-22-23-24)33-7-9-6-32-16-12(15(28)25(16)13(9)17(29)30)19-14(27)11(21-31)8-2-4-10(26)5-3-8;/h2-5,12,16,26,31H,6-7H2,1H3,(H,19,27)(H,29,30);/q;+1/p-1/t12?,16-;/m1./s1. The monoisotopic (exact) mass is 513 g/mol. The van der Waals surface area contributed by atoms with E-state index in [0.717, 1.165) is 4.90 Å². The van der Waals surface area contributed by atoms with E-state index in [1.165, 1.54) is 52.5 Å². The Balaban J connectivity index is 0.00000324. The van der Waals surface area contributed by atoms with Gasteiger partial charge in [-0.05, 0) is 40.3 Å². The van der Waals surface area contributed by atoms with Crippen LogP contribution in [-0.2, 0) is 21.4 Å². The van der Waals surface area contributed by atoms with Crippen LogP contribution in [0.5, 0.6) is 5.75 Å². The molecule has 3 heterocycles. The fourth-order valence-corrected chi connectivity index (χ4v) is 5.68. The minimum Gasteiger partial charge on any atom is -0.543 e. The first-order valence-corrected chi connectivity index (χ1v) is 11.4. The number of fused-ring (bicyclic) bond motifs is 1. The largest absolute Gasteiger partial charge is 1.00 e. The van der Waals surface area contributed by atoms with Crippen molar-refractivity contribution in [3.05, 3.63) is 41.1 Å². The smallest absolute Gasteiger partial charge is 0.543 e. The Kier molecular flexibility index (Phi) is 8.25. The number of aromatic hydroxyl groups is 1. The quantitative estimate of drug-likeness (QED) is 0.0806. The third-order valence-electron chi connectivity index (χ3n) is 4.94. The Hall–Kier alpha value is -2.59. The summed E-state index contributed by atoms with van der Waals surface area (Å²) in [5.74, 6) is -2.44. The van der Waals surface area contributed by atoms with Crippen LogP contribution in [0.3, 0.4) is 0 Å². The molecular weight excluding hydrogens is 497 g/mol. The topological polar surface area (TPSA) is 186 Å². The van der Waals surface area contributed by atoms with E-state index >= 15 is 0 Å². The molecule has 2 amide bonds. The molecule has 1 saturated heterocycles. The molecule has 2 aromatic rings. The zero-order valence-corrected chi connectivity index (χ0v) is 21.5. The van der Waals surface area contributed by atoms with Crippen molar-refractivity contribution in [2.24, 2.45) is 12.2 Å². The maximum atomic E-state index is 12.8. The number of benzene rings is 1. The number of amides is 2. The summed E-state index contributed by atoms with van der Waals surface area (Å²) in [4.78, 5) is 38.3. The average Bonchev–Trinajstić information content (AvgIpc) is 3.21. The van der Waals surface area contributed by atoms with Gasteiger partial charge in [0.15, 0.2) is 5.71 Å². The Morgan fingerprint density at radius 2 is 2.06 bits per heavy atom. The molecule has 4 rings (SSSR count). The summed E-state index contributed by atoms with van der Waals surface area (Å²) >= 11 is 2.51. The van der Waals surface area contributed by atoms with Crippen LogP contribution in [0.1, 0.15) is 5.56 Å². The van der Waals surface area contributed by atoms with Gasteiger partial charge in [0.05, 0.1) is 11.7 Å². The fourth-order valence-electron chi connectivity index (χ4n) is 3.34. The number of nitrogens with zero attached hydrogens (tertiary/aromatic N) is 6. The van der Waals surface area contributed by atoms with Gasteiger partial charge in [0, 0.05) is 24.1 Å². The minimum atomic E-state index is -1.49. The van der Waals surface area contributed by atoms with Gasteiger partial charge in [-0.2, -0.15) is 0 Å². The van der Waals surface area contributed by atoms with Crippen LogP contribution in [0.2, 0.25) is 0 Å². The number of aryl methyl sites for hydroxylation is 1. The van der Waals surface area contributed by atoms with Gasteiger partial charge in [0.25, 0.3) is 11.8 Å². The van der Waals surface area contributed by atoms with Gasteiger partial charge in [-0.15, -0.1) is 16.9 Å². The molecule has 2 atom stereocenters. The number of hydrogen-bond acceptors (Lipinski definition) is 12. The number of phenolic OH excluding ortho intramolecular Hbond substituents is 1. The Morgan fingerprint density at radius 3 is 2.65 bits per heavy atom. The van der Waals surface area contributed by atoms with E-state index in [1.807, 2.05) is 0 Å². The number of phenols is 1. The molecule has 1 fully saturated rings. The predicted molar refractivity (Wildman–Crippen MR) is 113 cm³/mol. The summed E-state index contributed by atoms with van der Waals surface area (Å²) in [6, 6.07) is 4.37. The van der Waals surface area contributed by atoms with Crippen molar-refractivity contribution in [3.8, 4) is 5.75 Å². The maximum Gasteiger partial charge on any atom is 1.00 e. The molecule has 2 aliphatic rings. The Morgan fingerprint density at radius 1 is 1.35 bits per heavy atom. The molecule has 13 nitrogen and oxygen atoms in total. The van der Waals surface area contributed by atoms with Crippen LogP contribution in [0, 0.1) is 0 Å². The molecule has 0 spiro atoms. The second kappa shape index (κ2) is 10.8. The molecule has 1 aromatic heterocycles. The van der Waals surface area contributed by atoms with Crippen LogP contribution >= 0.6 is 23.5 Å². The van der Waals surface area contributed by atoms with E-state index in [0.29, 0.717) is 16.5 Å². The summed E-state index contributed by atoms with van der Waals surface area (Å²) in [5.41, 5.74) is 0.114. The van der Waals surface area contributed by atoms with Crippen molar-refractivity contribution >= 4 is 47.0 Å². The molecule has 34 heavy (non-hydrogen) atoms. The molecule has 0 bridgehead atoms. The summed E-state index contributed by atoms with van der Waals surface area (Å²) in [5, 5.41) is 46.9. The van der Waals surface area contributed by atoms with Crippen LogP contribution in [0.15, 0.2) is 45.8 Å². The summed E-state index contributed by atoms with van der Waals surface area (Å²) in [6.07, 6.45) is 0. The normalized spacial score (nSPS) is 19.7. The van der Waals surface area contributed by atoms with Crippen LogP contribution in [-0.4, -0.2) is 81.8 Å². The number of nitrogens with one attached hydrogen (secondary N) is 1. The van der Waals surface area contributed by atoms with Crippen LogP contribution in [0.4, 0.5) is 0 Å². The molecule has 16 heteroatoms. The van der Waals surface area contributed by atoms with Gasteiger partial charge < -0.3 is 25.5 Å². The van der Waals surface area contributed by atoms with E-state index in [2.05, 4.69) is 26.0 Å². The first kappa shape index (κ1) is 26.0. The molecule has 0 saturated carbocycles. The number of carbonyl (C=O) groups is 3. The van der Waals surface area contributed by atoms with E-state index in [4.69, 9.17) is 0 Å². The number of hydrogen-bond donors (Lipinski definition) is 3. The zero-order valence-electron chi connectivity index (χ0n) is 17.9. The maximum absolute atomic E-state index is 12.8. The van der Waals surface area contributed by atoms with Gasteiger partial charge in [-0.3, -0.25) is 14.5 Å². The number of carboxylic acid groups (broad SMARTS) is 1. The Bertz CT molecular complexity index is 1190. The number of tetrazole rings is 1. The van der Waals surface area contributed by atoms with Crippen molar-refractivity contribution in [2.75, 3.05) is 11.5 Å². The van der Waals surface area contributed by atoms with Crippen molar-refractivity contribution in [1.82, 2.24) is 30.4 Å². The van der Waals surface area contributed by atoms with Crippen molar-refractivity contribution in [3.63, 3.8) is 0 Å². The van der Waals surface area contributed by atoms with Gasteiger partial charge >= 0.3 is 29.6 Å². The third kappa shape index (κ3) is 4.93. The first-order valence-electron chi connectivity index (χ1n) is 9.37. The molecule has 2 aliphatic heterocycles. The van der Waals surface area contributed by atoms with Crippen LogP contribution in [0.25, 0.3) is 0 Å². The van der Waals surface area contributed by atoms with E-state index in [1.54, 1.807) is 7.05 Å². The van der Waals surface area contributed by atoms with Crippen LogP contribution < -0.4 is 40.0 Å². The number of aliphatic carboxylic acids is 1. The van der Waals surface area contributed by atoms with Gasteiger partial charge in [-0.25, -0.2) is 4.68 Å². The number of rotatable bonds is 7. The van der Waals surface area contributed by atoms with Crippen molar-refractivity contribution in [2.45, 2.75) is 16.6 Å². The summed E-state index contributed by atoms with van der Waals surface area (Å²) in [7, 11) is 1.65. The number of oxime groups is 1. The Labute approximate surface area is 222 Å². The number of aromatic nitrogens is 4. The second-order valence-corrected chi connectivity index (χ2v) is 9.02. The first-order chi connectivity index (χ1) is 15.8. The SMILES string of the molecule is Cn1nnnc1SCC1=C(C(=O)[O-])N2C(=O)C(NC(=O)C(=NO)c3ccc(O)cc3)[C@H]2SC1.[Na+]. The van der Waals surface area contributed by atoms with E-state index < -0.39 is 29.2 Å². The van der Waals surface area contributed by atoms with Gasteiger partial charge in [0.1, 0.15) is 17.2 Å². The molecule has 0 radical (unpaired) electrons. The molecule has 3 N–H and O–H groups in total. The minimum absolute atomic E-state index is 0. The van der Waals surface area contributed by atoms with E-state index in [-0.39, 0.29) is 58.0 Å². The summed E-state index contributed by atoms with van der Waals surface area (Å²) in [6.45, 7) is 0. The number of carbonyl (C=O) groups excluding carboxylic acids is 3. The third-order valence-corrected chi connectivity index (χ3v) is 7.38. The van der Waals surface area contributed by atoms with Crippen molar-refractivity contribution < 1.29 is 59.4 Å². The van der Waals surface area contributed by atoms with Crippen molar-refractivity contribution in [1.29, 1.82) is 0 Å². The second-order valence-electron chi connectivity index (χ2n) is 6.97. The molecule has 1 aromatic carbocycles. The molecular formula is C18H16N7NaO6S2. The zero-order chi connectivity index (χ0) is 23.7. The van der Waals surface area contributed by atoms with E-state index in [9.17, 15) is 29.8 Å². The number of β-lactam (4-membered cyclic amide) rings is 1.